The van der Waals surface area contributed by atoms with E-state index in [1.54, 1.807) is 6.92 Å². The van der Waals surface area contributed by atoms with Gasteiger partial charge in [0.1, 0.15) is 0 Å². The number of cyclic esters (lactones) is 1. The van der Waals surface area contributed by atoms with Crippen LogP contribution in [0, 0.1) is 0 Å². The van der Waals surface area contributed by atoms with E-state index in [9.17, 15) is 18.0 Å². The Morgan fingerprint density at radius 2 is 2.04 bits per heavy atom. The van der Waals surface area contributed by atoms with Crippen LogP contribution in [0.15, 0.2) is 29.2 Å². The van der Waals surface area contributed by atoms with Crippen molar-refractivity contribution >= 4 is 22.0 Å². The van der Waals surface area contributed by atoms with Crippen LogP contribution in [0.2, 0.25) is 0 Å². The van der Waals surface area contributed by atoms with E-state index in [-0.39, 0.29) is 23.1 Å². The van der Waals surface area contributed by atoms with Gasteiger partial charge in [0.15, 0.2) is 0 Å². The number of hydrogen-bond donors (Lipinski definition) is 1. The Morgan fingerprint density at radius 3 is 2.57 bits per heavy atom. The van der Waals surface area contributed by atoms with Gasteiger partial charge in [0.25, 0.3) is 0 Å². The van der Waals surface area contributed by atoms with Crippen molar-refractivity contribution in [2.75, 3.05) is 6.61 Å². The number of carbonyl (C=O) groups is 2. The molecule has 0 aliphatic carbocycles. The van der Waals surface area contributed by atoms with Gasteiger partial charge in [-0.3, -0.25) is 0 Å². The molecule has 1 aliphatic rings. The number of ether oxygens (including phenoxy) is 2. The van der Waals surface area contributed by atoms with Crippen molar-refractivity contribution in [3.8, 4) is 0 Å². The van der Waals surface area contributed by atoms with Crippen LogP contribution in [-0.2, 0) is 24.3 Å². The van der Waals surface area contributed by atoms with Gasteiger partial charge in [-0.1, -0.05) is 6.92 Å². The average molecular weight is 341 g/mol. The first kappa shape index (κ1) is 17.4. The third-order valence-corrected chi connectivity index (χ3v) is 5.11. The van der Waals surface area contributed by atoms with Gasteiger partial charge in [-0.15, -0.1) is 0 Å². The maximum atomic E-state index is 12.1. The smallest absolute Gasteiger partial charge is 0.347 e. The van der Waals surface area contributed by atoms with Crippen molar-refractivity contribution in [1.29, 1.82) is 0 Å². The molecular weight excluding hydrogens is 322 g/mol. The molecular formula is C15H19NO6S. The molecule has 1 aromatic rings. The van der Waals surface area contributed by atoms with Gasteiger partial charge in [0, 0.05) is 12.5 Å². The van der Waals surface area contributed by atoms with E-state index in [4.69, 9.17) is 9.47 Å². The Kier molecular flexibility index (Phi) is 5.38. The zero-order valence-electron chi connectivity index (χ0n) is 12.9. The summed E-state index contributed by atoms with van der Waals surface area (Å²) in [7, 11) is -3.62. The Labute approximate surface area is 135 Å². The molecule has 1 heterocycles. The molecule has 1 saturated heterocycles. The summed E-state index contributed by atoms with van der Waals surface area (Å²) in [5.41, 5.74) is 0.173. The summed E-state index contributed by atoms with van der Waals surface area (Å²) in [6.45, 7) is 3.87. The van der Waals surface area contributed by atoms with E-state index in [0.717, 1.165) is 0 Å². The third kappa shape index (κ3) is 4.29. The number of hydrogen-bond acceptors (Lipinski definition) is 6. The summed E-state index contributed by atoms with van der Waals surface area (Å²) in [6.07, 6.45) is 0.106. The van der Waals surface area contributed by atoms with Crippen LogP contribution in [-0.4, -0.2) is 39.1 Å². The lowest BCUT2D eigenvalue weighted by Gasteiger charge is -2.12. The zero-order chi connectivity index (χ0) is 17.0. The quantitative estimate of drug-likeness (QED) is 0.782. The largest absolute Gasteiger partial charge is 0.463 e. The van der Waals surface area contributed by atoms with E-state index in [2.05, 4.69) is 4.72 Å². The fourth-order valence-corrected chi connectivity index (χ4v) is 3.29. The summed E-state index contributed by atoms with van der Waals surface area (Å²) in [5.74, 6) is -1.25. The van der Waals surface area contributed by atoms with E-state index in [1.165, 1.54) is 24.3 Å². The van der Waals surface area contributed by atoms with Crippen LogP contribution >= 0.6 is 0 Å². The minimum absolute atomic E-state index is 0.0645. The minimum atomic E-state index is -3.62. The molecule has 23 heavy (non-hydrogen) atoms. The standard InChI is InChI=1S/C15H19NO6S/c1-3-10(2)16-23(19,20)12-6-4-11(5-7-12)14(17)22-13-8-9-21-15(13)18/h4-7,10,13,16H,3,8-9H2,1-2H3/t10-,13+/m1/s1. The van der Waals surface area contributed by atoms with Crippen LogP contribution in [0.1, 0.15) is 37.0 Å². The summed E-state index contributed by atoms with van der Waals surface area (Å²) < 4.78 is 36.5. The molecule has 0 bridgehead atoms. The molecule has 0 spiro atoms. The van der Waals surface area contributed by atoms with Crippen molar-refractivity contribution in [3.05, 3.63) is 29.8 Å². The van der Waals surface area contributed by atoms with Crippen LogP contribution in [0.3, 0.4) is 0 Å². The van der Waals surface area contributed by atoms with Gasteiger partial charge in [0.05, 0.1) is 17.1 Å². The molecule has 0 amide bonds. The van der Waals surface area contributed by atoms with E-state index < -0.39 is 28.1 Å². The summed E-state index contributed by atoms with van der Waals surface area (Å²) in [6, 6.07) is 5.18. The molecule has 8 heteroatoms. The lowest BCUT2D eigenvalue weighted by Crippen LogP contribution is -2.32. The Hall–Kier alpha value is -1.93. The molecule has 1 aliphatic heterocycles. The molecule has 7 nitrogen and oxygen atoms in total. The van der Waals surface area contributed by atoms with Crippen molar-refractivity contribution in [3.63, 3.8) is 0 Å². The average Bonchev–Trinajstić information content (AvgIpc) is 2.92. The van der Waals surface area contributed by atoms with E-state index in [1.807, 2.05) is 6.92 Å². The molecule has 1 aromatic carbocycles. The maximum absolute atomic E-state index is 12.1. The predicted molar refractivity (Wildman–Crippen MR) is 81.3 cm³/mol. The molecule has 2 rings (SSSR count). The molecule has 126 valence electrons. The molecule has 2 atom stereocenters. The molecule has 0 aromatic heterocycles. The second-order valence-corrected chi connectivity index (χ2v) is 7.02. The van der Waals surface area contributed by atoms with Gasteiger partial charge in [-0.25, -0.2) is 22.7 Å². The zero-order valence-corrected chi connectivity index (χ0v) is 13.8. The summed E-state index contributed by atoms with van der Waals surface area (Å²) in [4.78, 5) is 23.3. The second-order valence-electron chi connectivity index (χ2n) is 5.31. The molecule has 1 fully saturated rings. The first-order valence-electron chi connectivity index (χ1n) is 7.33. The highest BCUT2D eigenvalue weighted by molar-refractivity contribution is 7.89. The van der Waals surface area contributed by atoms with Crippen LogP contribution in [0.5, 0.6) is 0 Å². The number of esters is 2. The van der Waals surface area contributed by atoms with Crippen LogP contribution < -0.4 is 4.72 Å². The molecule has 0 radical (unpaired) electrons. The molecule has 0 unspecified atom stereocenters. The fourth-order valence-electron chi connectivity index (χ4n) is 1.97. The SMILES string of the molecule is CC[C@@H](C)NS(=O)(=O)c1ccc(C(=O)O[C@H]2CCOC2=O)cc1. The van der Waals surface area contributed by atoms with Gasteiger partial charge >= 0.3 is 11.9 Å². The van der Waals surface area contributed by atoms with Gasteiger partial charge in [-0.05, 0) is 37.6 Å². The van der Waals surface area contributed by atoms with E-state index >= 15 is 0 Å². The highest BCUT2D eigenvalue weighted by Gasteiger charge is 2.30. The predicted octanol–water partition coefficient (Wildman–Crippen LogP) is 1.24. The molecule has 0 saturated carbocycles. The maximum Gasteiger partial charge on any atom is 0.347 e. The molecule has 1 N–H and O–H groups in total. The van der Waals surface area contributed by atoms with Gasteiger partial charge < -0.3 is 9.47 Å². The van der Waals surface area contributed by atoms with Crippen molar-refractivity contribution in [2.45, 2.75) is 43.7 Å². The summed E-state index contributed by atoms with van der Waals surface area (Å²) in [5, 5.41) is 0. The first-order valence-corrected chi connectivity index (χ1v) is 8.82. The van der Waals surface area contributed by atoms with Crippen molar-refractivity contribution in [2.24, 2.45) is 0 Å². The fraction of sp³-hybridized carbons (Fsp3) is 0.467. The monoisotopic (exact) mass is 341 g/mol. The van der Waals surface area contributed by atoms with E-state index in [0.29, 0.717) is 12.8 Å². The highest BCUT2D eigenvalue weighted by atomic mass is 32.2. The van der Waals surface area contributed by atoms with Crippen molar-refractivity contribution in [1.82, 2.24) is 4.72 Å². The Morgan fingerprint density at radius 1 is 1.39 bits per heavy atom. The number of rotatable bonds is 6. The normalized spacial score (nSPS) is 19.2. The number of sulfonamides is 1. The Balaban J connectivity index is 2.07. The minimum Gasteiger partial charge on any atom is -0.463 e. The topological polar surface area (TPSA) is 98.8 Å². The van der Waals surface area contributed by atoms with Crippen LogP contribution in [0.25, 0.3) is 0 Å². The van der Waals surface area contributed by atoms with Crippen molar-refractivity contribution < 1.29 is 27.5 Å². The summed E-state index contributed by atoms with van der Waals surface area (Å²) >= 11 is 0. The number of carbonyl (C=O) groups excluding carboxylic acids is 2. The Bertz CT molecular complexity index is 682. The lowest BCUT2D eigenvalue weighted by molar-refractivity contribution is -0.145. The van der Waals surface area contributed by atoms with Gasteiger partial charge in [-0.2, -0.15) is 0 Å². The highest BCUT2D eigenvalue weighted by Crippen LogP contribution is 2.16. The second kappa shape index (κ2) is 7.10. The first-order chi connectivity index (χ1) is 10.8. The van der Waals surface area contributed by atoms with Gasteiger partial charge in [0.2, 0.25) is 16.1 Å². The number of nitrogens with one attached hydrogen (secondary N) is 1. The van der Waals surface area contributed by atoms with Crippen LogP contribution in [0.4, 0.5) is 0 Å². The number of benzene rings is 1. The lowest BCUT2D eigenvalue weighted by atomic mass is 10.2. The third-order valence-electron chi connectivity index (χ3n) is 3.51.